The third kappa shape index (κ3) is 3.01. The summed E-state index contributed by atoms with van der Waals surface area (Å²) >= 11 is 3.55. The molecule has 6 heteroatoms. The molecule has 0 bridgehead atoms. The Labute approximate surface area is 120 Å². The molecule has 0 aromatic carbocycles. The maximum Gasteiger partial charge on any atom is 0.141 e. The number of aryl methyl sites for hydroxylation is 2. The van der Waals surface area contributed by atoms with E-state index in [1.54, 1.807) is 6.07 Å². The number of halogens is 2. The average molecular weight is 327 g/mol. The van der Waals surface area contributed by atoms with E-state index in [0.29, 0.717) is 0 Å². The highest BCUT2D eigenvalue weighted by atomic mass is 79.9. The molecule has 0 aliphatic carbocycles. The number of hydrogen-bond donors (Lipinski definition) is 1. The summed E-state index contributed by atoms with van der Waals surface area (Å²) in [5.74, 6) is -0.323. The molecule has 1 N–H and O–H groups in total. The van der Waals surface area contributed by atoms with Crippen molar-refractivity contribution in [3.8, 4) is 0 Å². The van der Waals surface area contributed by atoms with Crippen molar-refractivity contribution in [2.45, 2.75) is 19.4 Å². The van der Waals surface area contributed by atoms with E-state index in [-0.39, 0.29) is 11.9 Å². The van der Waals surface area contributed by atoms with Crippen LogP contribution in [-0.4, -0.2) is 21.8 Å². The third-order valence-corrected chi connectivity index (χ3v) is 4.15. The quantitative estimate of drug-likeness (QED) is 0.938. The number of rotatable bonds is 4. The lowest BCUT2D eigenvalue weighted by Gasteiger charge is -2.16. The summed E-state index contributed by atoms with van der Waals surface area (Å²) in [6, 6.07) is 3.15. The van der Waals surface area contributed by atoms with Crippen molar-refractivity contribution >= 4 is 15.9 Å². The van der Waals surface area contributed by atoms with Crippen LogP contribution in [-0.2, 0) is 13.5 Å². The van der Waals surface area contributed by atoms with E-state index in [0.717, 1.165) is 28.0 Å². The molecule has 0 aliphatic rings. The minimum atomic E-state index is -0.323. The predicted molar refractivity (Wildman–Crippen MR) is 75.3 cm³/mol. The van der Waals surface area contributed by atoms with Crippen LogP contribution in [0.5, 0.6) is 0 Å². The van der Waals surface area contributed by atoms with Crippen molar-refractivity contribution in [3.63, 3.8) is 0 Å². The SMILES string of the molecule is CNC(Cc1c(Br)c(C)nn1C)c1ccc(F)cn1. The molecule has 0 saturated heterocycles. The highest BCUT2D eigenvalue weighted by Crippen LogP contribution is 2.25. The van der Waals surface area contributed by atoms with Crippen molar-refractivity contribution < 1.29 is 4.39 Å². The fraction of sp³-hybridized carbons (Fsp3) is 0.385. The molecule has 0 saturated carbocycles. The molecule has 2 aromatic rings. The summed E-state index contributed by atoms with van der Waals surface area (Å²) in [5, 5.41) is 7.57. The molecule has 19 heavy (non-hydrogen) atoms. The predicted octanol–water partition coefficient (Wildman–Crippen LogP) is 2.53. The Hall–Kier alpha value is -1.27. The largest absolute Gasteiger partial charge is 0.311 e. The second-order valence-electron chi connectivity index (χ2n) is 4.42. The fourth-order valence-corrected chi connectivity index (χ4v) is 2.54. The molecule has 2 rings (SSSR count). The van der Waals surface area contributed by atoms with Gasteiger partial charge >= 0.3 is 0 Å². The zero-order valence-corrected chi connectivity index (χ0v) is 12.7. The van der Waals surface area contributed by atoms with E-state index in [9.17, 15) is 4.39 Å². The van der Waals surface area contributed by atoms with Gasteiger partial charge in [-0.3, -0.25) is 9.67 Å². The first-order chi connectivity index (χ1) is 9.02. The minimum absolute atomic E-state index is 0.0201. The molecule has 4 nitrogen and oxygen atoms in total. The van der Waals surface area contributed by atoms with Crippen molar-refractivity contribution in [3.05, 3.63) is 45.7 Å². The van der Waals surface area contributed by atoms with E-state index in [1.807, 2.05) is 25.7 Å². The molecule has 0 radical (unpaired) electrons. The van der Waals surface area contributed by atoms with E-state index < -0.39 is 0 Å². The molecular weight excluding hydrogens is 311 g/mol. The molecule has 1 atom stereocenters. The average Bonchev–Trinajstić information content (AvgIpc) is 2.63. The van der Waals surface area contributed by atoms with Gasteiger partial charge < -0.3 is 5.32 Å². The zero-order chi connectivity index (χ0) is 14.0. The summed E-state index contributed by atoms with van der Waals surface area (Å²) in [6.45, 7) is 1.96. The lowest BCUT2D eigenvalue weighted by molar-refractivity contribution is 0.542. The minimum Gasteiger partial charge on any atom is -0.311 e. The molecule has 0 aliphatic heterocycles. The first-order valence-electron chi connectivity index (χ1n) is 5.99. The molecule has 2 aromatic heterocycles. The first kappa shape index (κ1) is 14.1. The first-order valence-corrected chi connectivity index (χ1v) is 6.79. The van der Waals surface area contributed by atoms with Crippen molar-refractivity contribution in [2.75, 3.05) is 7.05 Å². The van der Waals surface area contributed by atoms with Crippen LogP contribution in [0.3, 0.4) is 0 Å². The second kappa shape index (κ2) is 5.79. The van der Waals surface area contributed by atoms with Crippen LogP contribution in [0.25, 0.3) is 0 Å². The number of aromatic nitrogens is 3. The Balaban J connectivity index is 2.26. The fourth-order valence-electron chi connectivity index (χ4n) is 2.04. The smallest absolute Gasteiger partial charge is 0.141 e. The zero-order valence-electron chi connectivity index (χ0n) is 11.1. The Bertz CT molecular complexity index is 565. The topological polar surface area (TPSA) is 42.7 Å². The Kier molecular flexibility index (Phi) is 4.31. The maximum absolute atomic E-state index is 12.9. The third-order valence-electron chi connectivity index (χ3n) is 3.11. The summed E-state index contributed by atoms with van der Waals surface area (Å²) < 4.78 is 15.8. The Morgan fingerprint density at radius 2 is 2.21 bits per heavy atom. The van der Waals surface area contributed by atoms with Gasteiger partial charge in [-0.1, -0.05) is 0 Å². The van der Waals surface area contributed by atoms with Gasteiger partial charge in [0.05, 0.1) is 33.8 Å². The van der Waals surface area contributed by atoms with E-state index >= 15 is 0 Å². The van der Waals surface area contributed by atoms with Crippen LogP contribution < -0.4 is 5.32 Å². The number of hydrogen-bond acceptors (Lipinski definition) is 3. The van der Waals surface area contributed by atoms with Gasteiger partial charge in [0.2, 0.25) is 0 Å². The van der Waals surface area contributed by atoms with Gasteiger partial charge in [-0.2, -0.15) is 5.10 Å². The monoisotopic (exact) mass is 326 g/mol. The summed E-state index contributed by atoms with van der Waals surface area (Å²) in [5.41, 5.74) is 2.86. The van der Waals surface area contributed by atoms with Crippen molar-refractivity contribution in [1.82, 2.24) is 20.1 Å². The number of nitrogens with one attached hydrogen (secondary N) is 1. The van der Waals surface area contributed by atoms with Gasteiger partial charge in [0.25, 0.3) is 0 Å². The highest BCUT2D eigenvalue weighted by molar-refractivity contribution is 9.10. The lowest BCUT2D eigenvalue weighted by atomic mass is 10.1. The lowest BCUT2D eigenvalue weighted by Crippen LogP contribution is -2.21. The van der Waals surface area contributed by atoms with Crippen LogP contribution in [0.2, 0.25) is 0 Å². The van der Waals surface area contributed by atoms with E-state index in [1.165, 1.54) is 12.3 Å². The van der Waals surface area contributed by atoms with Gasteiger partial charge in [-0.25, -0.2) is 4.39 Å². The number of likely N-dealkylation sites (N-methyl/N-ethyl adjacent to an activating group) is 1. The molecule has 0 amide bonds. The Morgan fingerprint density at radius 1 is 1.47 bits per heavy atom. The van der Waals surface area contributed by atoms with Gasteiger partial charge in [-0.15, -0.1) is 0 Å². The molecule has 102 valence electrons. The van der Waals surface area contributed by atoms with Gasteiger partial charge in [0.15, 0.2) is 0 Å². The van der Waals surface area contributed by atoms with Crippen molar-refractivity contribution in [1.29, 1.82) is 0 Å². The molecule has 0 fully saturated rings. The highest BCUT2D eigenvalue weighted by Gasteiger charge is 2.18. The van der Waals surface area contributed by atoms with Crippen molar-refractivity contribution in [2.24, 2.45) is 7.05 Å². The number of pyridine rings is 1. The van der Waals surface area contributed by atoms with Gasteiger partial charge in [0, 0.05) is 13.5 Å². The molecule has 1 unspecified atom stereocenters. The van der Waals surface area contributed by atoms with Crippen LogP contribution in [0.1, 0.15) is 23.1 Å². The summed E-state index contributed by atoms with van der Waals surface area (Å²) in [7, 11) is 3.78. The number of nitrogens with zero attached hydrogens (tertiary/aromatic N) is 3. The van der Waals surface area contributed by atoms with E-state index in [4.69, 9.17) is 0 Å². The molecule has 0 spiro atoms. The normalized spacial score (nSPS) is 12.7. The molecule has 2 heterocycles. The van der Waals surface area contributed by atoms with Gasteiger partial charge in [-0.05, 0) is 42.0 Å². The summed E-state index contributed by atoms with van der Waals surface area (Å²) in [4.78, 5) is 4.13. The van der Waals surface area contributed by atoms with Crippen LogP contribution in [0.15, 0.2) is 22.8 Å². The Morgan fingerprint density at radius 3 is 2.68 bits per heavy atom. The second-order valence-corrected chi connectivity index (χ2v) is 5.21. The standard InChI is InChI=1S/C13H16BrFN4/c1-8-13(14)12(19(3)18-8)6-11(16-2)10-5-4-9(15)7-17-10/h4-5,7,11,16H,6H2,1-3H3. The van der Waals surface area contributed by atoms with Gasteiger partial charge in [0.1, 0.15) is 5.82 Å². The van der Waals surface area contributed by atoms with E-state index in [2.05, 4.69) is 31.3 Å². The van der Waals surface area contributed by atoms with Crippen LogP contribution >= 0.6 is 15.9 Å². The van der Waals surface area contributed by atoms with Crippen LogP contribution in [0.4, 0.5) is 4.39 Å². The molecular formula is C13H16BrFN4. The maximum atomic E-state index is 12.9. The summed E-state index contributed by atoms with van der Waals surface area (Å²) in [6.07, 6.45) is 1.97. The van der Waals surface area contributed by atoms with Crippen LogP contribution in [0, 0.1) is 12.7 Å².